The fraction of sp³-hybridized carbons (Fsp3) is 0.250. The summed E-state index contributed by atoms with van der Waals surface area (Å²) < 4.78 is 4.83. The van der Waals surface area contributed by atoms with Crippen molar-refractivity contribution in [2.24, 2.45) is 0 Å². The minimum Gasteiger partial charge on any atom is -0.466 e. The molecule has 0 saturated carbocycles. The Morgan fingerprint density at radius 2 is 2.08 bits per heavy atom. The fourth-order valence-corrected chi connectivity index (χ4v) is 2.54. The van der Waals surface area contributed by atoms with Crippen LogP contribution in [-0.2, 0) is 9.53 Å². The predicted molar refractivity (Wildman–Crippen MR) is 86.0 cm³/mol. The number of non-ortho nitro benzene ring substituents is 1. The molecule has 0 radical (unpaired) electrons. The van der Waals surface area contributed by atoms with Gasteiger partial charge in [-0.2, -0.15) is 0 Å². The lowest BCUT2D eigenvalue weighted by molar-refractivity contribution is -0.384. The van der Waals surface area contributed by atoms with Gasteiger partial charge in [-0.1, -0.05) is 6.08 Å². The third-order valence-corrected chi connectivity index (χ3v) is 3.75. The molecule has 0 aliphatic carbocycles. The van der Waals surface area contributed by atoms with Gasteiger partial charge < -0.3 is 10.1 Å². The van der Waals surface area contributed by atoms with Gasteiger partial charge in [-0.05, 0) is 24.6 Å². The Balaban J connectivity index is 2.50. The normalized spacial score (nSPS) is 17.3. The van der Waals surface area contributed by atoms with E-state index in [0.29, 0.717) is 11.3 Å². The number of carbonyl (C=O) groups is 2. The van der Waals surface area contributed by atoms with E-state index in [-0.39, 0.29) is 23.8 Å². The first kappa shape index (κ1) is 17.2. The number of urea groups is 1. The molecule has 1 N–H and O–H groups in total. The molecule has 126 valence electrons. The first-order valence-corrected chi connectivity index (χ1v) is 7.13. The number of ether oxygens (including phenoxy) is 1. The van der Waals surface area contributed by atoms with Gasteiger partial charge in [0, 0.05) is 24.4 Å². The van der Waals surface area contributed by atoms with Crippen LogP contribution in [-0.4, -0.2) is 35.5 Å². The number of rotatable bonds is 5. The Bertz CT molecular complexity index is 724. The van der Waals surface area contributed by atoms with Gasteiger partial charge in [0.05, 0.1) is 23.6 Å². The minimum atomic E-state index is -0.744. The molecule has 0 saturated heterocycles. The zero-order valence-electron chi connectivity index (χ0n) is 13.3. The summed E-state index contributed by atoms with van der Waals surface area (Å²) in [7, 11) is 1.25. The molecule has 24 heavy (non-hydrogen) atoms. The summed E-state index contributed by atoms with van der Waals surface area (Å²) in [6.45, 7) is 5.48. The highest BCUT2D eigenvalue weighted by atomic mass is 16.6. The standard InChI is InChI=1S/C16H17N3O5/c1-4-9-18-10(2)13(15(20)24-3)14(17-16(18)21)11-5-7-12(8-6-11)19(22)23/h4-8,14H,1,9H2,2-3H3,(H,17,21). The number of carbonyl (C=O) groups excluding carboxylic acids is 2. The van der Waals surface area contributed by atoms with Gasteiger partial charge in [-0.3, -0.25) is 15.0 Å². The number of benzene rings is 1. The number of nitro groups is 1. The maximum absolute atomic E-state index is 12.3. The van der Waals surface area contributed by atoms with Crippen molar-refractivity contribution < 1.29 is 19.2 Å². The Hall–Kier alpha value is -3.16. The van der Waals surface area contributed by atoms with Crippen LogP contribution < -0.4 is 5.32 Å². The van der Waals surface area contributed by atoms with Crippen LogP contribution in [0.1, 0.15) is 18.5 Å². The molecule has 1 aromatic rings. The van der Waals surface area contributed by atoms with E-state index in [1.165, 1.54) is 36.3 Å². The number of hydrogen-bond acceptors (Lipinski definition) is 5. The molecular formula is C16H17N3O5. The SMILES string of the molecule is C=CCN1C(=O)NC(c2ccc([N+](=O)[O-])cc2)C(C(=O)OC)=C1C. The number of amides is 2. The number of esters is 1. The van der Waals surface area contributed by atoms with Crippen LogP contribution in [0.15, 0.2) is 48.2 Å². The zero-order valence-corrected chi connectivity index (χ0v) is 13.3. The molecule has 0 bridgehead atoms. The van der Waals surface area contributed by atoms with Gasteiger partial charge >= 0.3 is 12.0 Å². The number of nitrogens with zero attached hydrogens (tertiary/aromatic N) is 2. The quantitative estimate of drug-likeness (QED) is 0.386. The van der Waals surface area contributed by atoms with E-state index in [1.54, 1.807) is 13.0 Å². The smallest absolute Gasteiger partial charge is 0.337 e. The Kier molecular flexibility index (Phi) is 4.98. The fourth-order valence-electron chi connectivity index (χ4n) is 2.54. The van der Waals surface area contributed by atoms with Crippen molar-refractivity contribution in [1.82, 2.24) is 10.2 Å². The van der Waals surface area contributed by atoms with E-state index in [9.17, 15) is 19.7 Å². The number of nitro benzene ring substituents is 1. The van der Waals surface area contributed by atoms with Gasteiger partial charge in [-0.15, -0.1) is 6.58 Å². The van der Waals surface area contributed by atoms with E-state index in [4.69, 9.17) is 4.74 Å². The molecule has 1 atom stereocenters. The molecule has 8 nitrogen and oxygen atoms in total. The van der Waals surface area contributed by atoms with E-state index < -0.39 is 16.9 Å². The molecule has 0 fully saturated rings. The van der Waals surface area contributed by atoms with Crippen molar-refractivity contribution in [3.8, 4) is 0 Å². The van der Waals surface area contributed by atoms with Crippen LogP contribution in [0.3, 0.4) is 0 Å². The first-order valence-electron chi connectivity index (χ1n) is 7.13. The second kappa shape index (κ2) is 6.95. The molecule has 8 heteroatoms. The molecule has 1 aliphatic heterocycles. The highest BCUT2D eigenvalue weighted by molar-refractivity contribution is 5.95. The molecule has 0 spiro atoms. The summed E-state index contributed by atoms with van der Waals surface area (Å²) in [4.78, 5) is 36.1. The summed E-state index contributed by atoms with van der Waals surface area (Å²) in [5.74, 6) is -0.579. The lowest BCUT2D eigenvalue weighted by atomic mass is 9.94. The lowest BCUT2D eigenvalue weighted by Crippen LogP contribution is -2.47. The van der Waals surface area contributed by atoms with Gasteiger partial charge in [0.1, 0.15) is 0 Å². The number of allylic oxidation sites excluding steroid dienone is 1. The van der Waals surface area contributed by atoms with Crippen molar-refractivity contribution in [2.45, 2.75) is 13.0 Å². The molecule has 1 heterocycles. The second-order valence-corrected chi connectivity index (χ2v) is 5.12. The van der Waals surface area contributed by atoms with Gasteiger partial charge in [-0.25, -0.2) is 9.59 Å². The van der Waals surface area contributed by atoms with Crippen LogP contribution >= 0.6 is 0 Å². The number of nitrogens with one attached hydrogen (secondary N) is 1. The Morgan fingerprint density at radius 3 is 2.58 bits per heavy atom. The topological polar surface area (TPSA) is 102 Å². The molecule has 1 unspecified atom stereocenters. The maximum atomic E-state index is 12.3. The van der Waals surface area contributed by atoms with Crippen molar-refractivity contribution in [3.05, 3.63) is 63.9 Å². The Morgan fingerprint density at radius 1 is 1.46 bits per heavy atom. The van der Waals surface area contributed by atoms with Crippen LogP contribution in [0.25, 0.3) is 0 Å². The first-order chi connectivity index (χ1) is 11.4. The molecule has 1 aromatic carbocycles. The average molecular weight is 331 g/mol. The number of methoxy groups -OCH3 is 1. The van der Waals surface area contributed by atoms with Crippen LogP contribution in [0.4, 0.5) is 10.5 Å². The largest absolute Gasteiger partial charge is 0.466 e. The highest BCUT2D eigenvalue weighted by Gasteiger charge is 2.35. The molecular weight excluding hydrogens is 314 g/mol. The van der Waals surface area contributed by atoms with Crippen molar-refractivity contribution in [2.75, 3.05) is 13.7 Å². The van der Waals surface area contributed by atoms with Gasteiger partial charge in [0.25, 0.3) is 5.69 Å². The molecule has 2 amide bonds. The van der Waals surface area contributed by atoms with Crippen LogP contribution in [0.5, 0.6) is 0 Å². The summed E-state index contributed by atoms with van der Waals surface area (Å²) in [5.41, 5.74) is 1.20. The van der Waals surface area contributed by atoms with Crippen LogP contribution in [0, 0.1) is 10.1 Å². The zero-order chi connectivity index (χ0) is 17.9. The van der Waals surface area contributed by atoms with Crippen molar-refractivity contribution in [3.63, 3.8) is 0 Å². The monoisotopic (exact) mass is 331 g/mol. The highest BCUT2D eigenvalue weighted by Crippen LogP contribution is 2.31. The third kappa shape index (κ3) is 3.12. The summed E-state index contributed by atoms with van der Waals surface area (Å²) >= 11 is 0. The van der Waals surface area contributed by atoms with E-state index in [0.717, 1.165) is 0 Å². The molecule has 2 rings (SSSR count). The number of hydrogen-bond donors (Lipinski definition) is 1. The summed E-state index contributed by atoms with van der Waals surface area (Å²) in [5, 5.41) is 13.5. The molecule has 0 aromatic heterocycles. The van der Waals surface area contributed by atoms with E-state index >= 15 is 0 Å². The van der Waals surface area contributed by atoms with Crippen molar-refractivity contribution in [1.29, 1.82) is 0 Å². The van der Waals surface area contributed by atoms with Gasteiger partial charge in [0.15, 0.2) is 0 Å². The second-order valence-electron chi connectivity index (χ2n) is 5.12. The minimum absolute atomic E-state index is 0.0745. The van der Waals surface area contributed by atoms with Gasteiger partial charge in [0.2, 0.25) is 0 Å². The summed E-state index contributed by atoms with van der Waals surface area (Å²) in [6.07, 6.45) is 1.55. The van der Waals surface area contributed by atoms with Crippen LogP contribution in [0.2, 0.25) is 0 Å². The maximum Gasteiger partial charge on any atom is 0.337 e. The van der Waals surface area contributed by atoms with E-state index in [1.807, 2.05) is 0 Å². The lowest BCUT2D eigenvalue weighted by Gasteiger charge is -2.34. The Labute approximate surface area is 138 Å². The van der Waals surface area contributed by atoms with Crippen molar-refractivity contribution >= 4 is 17.7 Å². The predicted octanol–water partition coefficient (Wildman–Crippen LogP) is 2.29. The van der Waals surface area contributed by atoms with E-state index in [2.05, 4.69) is 11.9 Å². The average Bonchev–Trinajstić information content (AvgIpc) is 2.57. The summed E-state index contributed by atoms with van der Waals surface area (Å²) in [6, 6.07) is 4.52. The third-order valence-electron chi connectivity index (χ3n) is 3.75. The molecule has 1 aliphatic rings.